The van der Waals surface area contributed by atoms with Crippen LogP contribution in [0.15, 0.2) is 109 Å². The molecule has 0 rings (SSSR count). The van der Waals surface area contributed by atoms with Gasteiger partial charge in [-0.1, -0.05) is 226 Å². The lowest BCUT2D eigenvalue weighted by Gasteiger charge is -2.18. The highest BCUT2D eigenvalue weighted by molar-refractivity contribution is 5.71. The number of hydrogen-bond acceptors (Lipinski definition) is 6. The van der Waals surface area contributed by atoms with Gasteiger partial charge in [-0.25, -0.2) is 0 Å². The average Bonchev–Trinajstić information content (AvgIpc) is 3.35. The fourth-order valence-electron chi connectivity index (χ4n) is 7.49. The van der Waals surface area contributed by atoms with Crippen molar-refractivity contribution in [3.05, 3.63) is 109 Å². The number of carbonyl (C=O) groups excluding carboxylic acids is 3. The van der Waals surface area contributed by atoms with Crippen molar-refractivity contribution < 1.29 is 28.6 Å². The molecule has 0 unspecified atom stereocenters. The van der Waals surface area contributed by atoms with Crippen LogP contribution in [-0.4, -0.2) is 37.2 Å². The fourth-order valence-corrected chi connectivity index (χ4v) is 7.49. The Morgan fingerprint density at radius 1 is 0.304 bits per heavy atom. The third-order valence-electron chi connectivity index (χ3n) is 11.7. The second-order valence-electron chi connectivity index (χ2n) is 18.5. The Balaban J connectivity index is 4.53. The molecule has 6 nitrogen and oxygen atoms in total. The maximum absolute atomic E-state index is 12.9. The lowest BCUT2D eigenvalue weighted by atomic mass is 10.1. The number of hydrogen-bond donors (Lipinski definition) is 0. The molecule has 0 saturated heterocycles. The van der Waals surface area contributed by atoms with Crippen molar-refractivity contribution >= 4 is 17.9 Å². The van der Waals surface area contributed by atoms with Gasteiger partial charge in [0.1, 0.15) is 13.2 Å². The van der Waals surface area contributed by atoms with E-state index in [-0.39, 0.29) is 37.5 Å². The highest BCUT2D eigenvalue weighted by Crippen LogP contribution is 2.14. The molecule has 0 aliphatic rings. The maximum atomic E-state index is 12.9. The molecule has 0 bridgehead atoms. The molecule has 0 radical (unpaired) electrons. The van der Waals surface area contributed by atoms with Crippen LogP contribution in [0.5, 0.6) is 0 Å². The third kappa shape index (κ3) is 54.9. The van der Waals surface area contributed by atoms with Crippen LogP contribution < -0.4 is 0 Å². The van der Waals surface area contributed by atoms with E-state index in [2.05, 4.69) is 124 Å². The summed E-state index contributed by atoms with van der Waals surface area (Å²) in [6, 6.07) is 0. The summed E-state index contributed by atoms with van der Waals surface area (Å²) in [5.74, 6) is -1.02. The molecule has 0 saturated carbocycles. The van der Waals surface area contributed by atoms with E-state index >= 15 is 0 Å². The topological polar surface area (TPSA) is 78.9 Å². The number of unbranched alkanes of at least 4 members (excludes halogenated alkanes) is 21. The molecule has 6 heteroatoms. The third-order valence-corrected chi connectivity index (χ3v) is 11.7. The molecule has 0 amide bonds. The zero-order chi connectivity index (χ0) is 50.0. The van der Waals surface area contributed by atoms with Crippen LogP contribution in [0.3, 0.4) is 0 Å². The zero-order valence-electron chi connectivity index (χ0n) is 44.8. The highest BCUT2D eigenvalue weighted by Gasteiger charge is 2.19. The minimum atomic E-state index is -0.819. The Morgan fingerprint density at radius 3 is 1.01 bits per heavy atom. The van der Waals surface area contributed by atoms with Crippen LogP contribution in [0.25, 0.3) is 0 Å². The van der Waals surface area contributed by atoms with Gasteiger partial charge in [0.25, 0.3) is 0 Å². The molecule has 0 aromatic heterocycles. The summed E-state index contributed by atoms with van der Waals surface area (Å²) in [6.07, 6.45) is 76.5. The first-order chi connectivity index (χ1) is 34.0. The maximum Gasteiger partial charge on any atom is 0.306 e. The summed E-state index contributed by atoms with van der Waals surface area (Å²) in [6.45, 7) is 6.42. The molecule has 69 heavy (non-hydrogen) atoms. The SMILES string of the molecule is CC/C=C\C/C=C\C/C=C\C/C=C\C/C=C\C/C=C\CCC(=O)OC[C@H](COC(=O)CCCCCCC/C=C\C/C=C\CCCCC)OC(=O)CCCCCCCCC/C=C\CCCCCCCC. The lowest BCUT2D eigenvalue weighted by molar-refractivity contribution is -0.166. The molecule has 0 aromatic rings. The predicted octanol–water partition coefficient (Wildman–Crippen LogP) is 19.1. The summed E-state index contributed by atoms with van der Waals surface area (Å²) in [7, 11) is 0. The summed E-state index contributed by atoms with van der Waals surface area (Å²) < 4.78 is 16.8. The van der Waals surface area contributed by atoms with E-state index in [9.17, 15) is 14.4 Å². The number of rotatable bonds is 50. The van der Waals surface area contributed by atoms with Crippen LogP contribution in [0, 0.1) is 0 Å². The van der Waals surface area contributed by atoms with E-state index in [1.165, 1.54) is 103 Å². The van der Waals surface area contributed by atoms with Crippen molar-refractivity contribution in [1.82, 2.24) is 0 Å². The van der Waals surface area contributed by atoms with E-state index in [1.54, 1.807) is 0 Å². The van der Waals surface area contributed by atoms with Crippen molar-refractivity contribution in [2.45, 2.75) is 258 Å². The standard InChI is InChI=1S/C63H104O6/c1-4-7-10-13-16-19-22-25-28-30-31-33-35-38-41-44-47-50-53-56-62(65)68-59-60(58-67-61(64)55-52-49-46-43-40-37-34-27-24-21-18-15-12-9-6-3)69-63(66)57-54-51-48-45-42-39-36-32-29-26-23-20-17-14-11-8-5-2/h7,10,16,18-19,21,25-29,31,33-34,38,41,47,50,60H,4-6,8-9,11-15,17,20,22-24,30,32,35-37,39-40,42-46,48-49,51-59H2,1-3H3/b10-7-,19-16-,21-18-,28-25-,29-26-,33-31-,34-27-,41-38-,50-47-/t60-/m0/s1. The van der Waals surface area contributed by atoms with Gasteiger partial charge < -0.3 is 14.2 Å². The van der Waals surface area contributed by atoms with E-state index < -0.39 is 6.10 Å². The average molecular weight is 958 g/mol. The Hall–Kier alpha value is -3.93. The number of ether oxygens (including phenoxy) is 3. The van der Waals surface area contributed by atoms with E-state index in [0.29, 0.717) is 19.3 Å². The second kappa shape index (κ2) is 56.7. The number of carbonyl (C=O) groups is 3. The Kier molecular flexibility index (Phi) is 53.4. The molecule has 0 aliphatic carbocycles. The van der Waals surface area contributed by atoms with Gasteiger partial charge in [0.2, 0.25) is 0 Å². The van der Waals surface area contributed by atoms with E-state index in [4.69, 9.17) is 14.2 Å². The molecular formula is C63H104O6. The van der Waals surface area contributed by atoms with Crippen LogP contribution in [0.2, 0.25) is 0 Å². The van der Waals surface area contributed by atoms with Crippen molar-refractivity contribution in [2.24, 2.45) is 0 Å². The van der Waals surface area contributed by atoms with Crippen molar-refractivity contribution in [1.29, 1.82) is 0 Å². The Morgan fingerprint density at radius 2 is 0.594 bits per heavy atom. The van der Waals surface area contributed by atoms with Crippen molar-refractivity contribution in [2.75, 3.05) is 13.2 Å². The first-order valence-corrected chi connectivity index (χ1v) is 28.4. The molecule has 0 N–H and O–H groups in total. The lowest BCUT2D eigenvalue weighted by Crippen LogP contribution is -2.30. The molecule has 0 spiro atoms. The van der Waals surface area contributed by atoms with E-state index in [0.717, 1.165) is 103 Å². The van der Waals surface area contributed by atoms with E-state index in [1.807, 2.05) is 6.08 Å². The van der Waals surface area contributed by atoms with Crippen molar-refractivity contribution in [3.63, 3.8) is 0 Å². The first kappa shape index (κ1) is 65.1. The number of allylic oxidation sites excluding steroid dienone is 18. The van der Waals surface area contributed by atoms with Crippen LogP contribution in [0.4, 0.5) is 0 Å². The van der Waals surface area contributed by atoms with Crippen LogP contribution in [-0.2, 0) is 28.6 Å². The summed E-state index contributed by atoms with van der Waals surface area (Å²) in [5, 5.41) is 0. The summed E-state index contributed by atoms with van der Waals surface area (Å²) in [5.41, 5.74) is 0. The van der Waals surface area contributed by atoms with Crippen molar-refractivity contribution in [3.8, 4) is 0 Å². The molecular weight excluding hydrogens is 853 g/mol. The molecule has 0 heterocycles. The summed E-state index contributed by atoms with van der Waals surface area (Å²) >= 11 is 0. The van der Waals surface area contributed by atoms with Gasteiger partial charge in [0.05, 0.1) is 0 Å². The fraction of sp³-hybridized carbons (Fsp3) is 0.667. The second-order valence-corrected chi connectivity index (χ2v) is 18.5. The molecule has 392 valence electrons. The molecule has 0 fully saturated rings. The zero-order valence-corrected chi connectivity index (χ0v) is 44.8. The molecule has 0 aromatic carbocycles. The van der Waals surface area contributed by atoms with Crippen LogP contribution in [0.1, 0.15) is 252 Å². The minimum Gasteiger partial charge on any atom is -0.462 e. The largest absolute Gasteiger partial charge is 0.462 e. The Bertz CT molecular complexity index is 1420. The van der Waals surface area contributed by atoms with Gasteiger partial charge in [0.15, 0.2) is 6.10 Å². The monoisotopic (exact) mass is 957 g/mol. The van der Waals surface area contributed by atoms with Gasteiger partial charge in [-0.2, -0.15) is 0 Å². The highest BCUT2D eigenvalue weighted by atomic mass is 16.6. The smallest absolute Gasteiger partial charge is 0.306 e. The quantitative estimate of drug-likeness (QED) is 0.0262. The molecule has 0 aliphatic heterocycles. The van der Waals surface area contributed by atoms with Gasteiger partial charge in [-0.05, 0) is 116 Å². The van der Waals surface area contributed by atoms with Gasteiger partial charge in [-0.3, -0.25) is 14.4 Å². The van der Waals surface area contributed by atoms with Gasteiger partial charge >= 0.3 is 17.9 Å². The summed E-state index contributed by atoms with van der Waals surface area (Å²) in [4.78, 5) is 38.1. The number of esters is 3. The first-order valence-electron chi connectivity index (χ1n) is 28.4. The van der Waals surface area contributed by atoms with Crippen LogP contribution >= 0.6 is 0 Å². The van der Waals surface area contributed by atoms with Gasteiger partial charge in [0, 0.05) is 19.3 Å². The predicted molar refractivity (Wildman–Crippen MR) is 297 cm³/mol. The normalized spacial score (nSPS) is 12.9. The minimum absolute atomic E-state index is 0.112. The van der Waals surface area contributed by atoms with Gasteiger partial charge in [-0.15, -0.1) is 0 Å². The Labute approximate surface area is 425 Å². The molecule has 1 atom stereocenters.